The van der Waals surface area contributed by atoms with Crippen molar-refractivity contribution in [2.24, 2.45) is 0 Å². The molecule has 0 amide bonds. The molecule has 2 aliphatic rings. The first-order valence-corrected chi connectivity index (χ1v) is 15.2. The van der Waals surface area contributed by atoms with Crippen molar-refractivity contribution in [2.75, 3.05) is 6.61 Å². The van der Waals surface area contributed by atoms with Crippen molar-refractivity contribution in [1.29, 1.82) is 0 Å². The minimum atomic E-state index is -1.25. The van der Waals surface area contributed by atoms with Gasteiger partial charge >= 0.3 is 23.9 Å². The molecule has 0 spiro atoms. The maximum Gasteiger partial charge on any atom is 0.303 e. The smallest absolute Gasteiger partial charge is 0.303 e. The SMILES string of the molecule is CC(=O)OCC1O[C@@H](c2ccc(Cl)c(Cc3ccc(OC4CCCCC4)cc3)c2)[C@H](OC(C)=O)C(OC(C)=O)[C@@H]1OC(C)=O. The Hall–Kier alpha value is -3.63. The van der Waals surface area contributed by atoms with E-state index in [1.165, 1.54) is 47.0 Å². The molecule has 10 nitrogen and oxygen atoms in total. The number of rotatable bonds is 10. The van der Waals surface area contributed by atoms with Gasteiger partial charge in [0.25, 0.3) is 0 Å². The van der Waals surface area contributed by atoms with Gasteiger partial charge in [-0.15, -0.1) is 0 Å². The van der Waals surface area contributed by atoms with Gasteiger partial charge in [0, 0.05) is 32.7 Å². The summed E-state index contributed by atoms with van der Waals surface area (Å²) in [5.74, 6) is -1.79. The fourth-order valence-corrected chi connectivity index (χ4v) is 5.87. The molecule has 0 bridgehead atoms. The molecule has 2 aromatic rings. The normalized spacial score (nSPS) is 23.7. The van der Waals surface area contributed by atoms with Crippen molar-refractivity contribution < 1.29 is 47.6 Å². The van der Waals surface area contributed by atoms with E-state index in [2.05, 4.69) is 0 Å². The van der Waals surface area contributed by atoms with Crippen LogP contribution in [0.4, 0.5) is 0 Å². The number of benzene rings is 2. The maximum atomic E-state index is 12.2. The highest BCUT2D eigenvalue weighted by atomic mass is 35.5. The number of hydrogen-bond donors (Lipinski definition) is 0. The van der Waals surface area contributed by atoms with Gasteiger partial charge in [-0.25, -0.2) is 0 Å². The predicted molar refractivity (Wildman–Crippen MR) is 159 cm³/mol. The number of carbonyl (C=O) groups is 4. The van der Waals surface area contributed by atoms with E-state index in [1.807, 2.05) is 30.3 Å². The first-order valence-electron chi connectivity index (χ1n) is 14.8. The highest BCUT2D eigenvalue weighted by Gasteiger charge is 2.52. The van der Waals surface area contributed by atoms with Crippen LogP contribution < -0.4 is 4.74 Å². The van der Waals surface area contributed by atoms with Crippen molar-refractivity contribution in [2.45, 2.75) is 103 Å². The van der Waals surface area contributed by atoms with Crippen molar-refractivity contribution in [3.63, 3.8) is 0 Å². The zero-order chi connectivity index (χ0) is 31.8. The van der Waals surface area contributed by atoms with Gasteiger partial charge in [0.1, 0.15) is 24.6 Å². The Morgan fingerprint density at radius 1 is 0.773 bits per heavy atom. The molecule has 0 radical (unpaired) electrons. The summed E-state index contributed by atoms with van der Waals surface area (Å²) in [6.07, 6.45) is 0.825. The summed E-state index contributed by atoms with van der Waals surface area (Å²) in [7, 11) is 0. The van der Waals surface area contributed by atoms with Crippen molar-refractivity contribution in [3.8, 4) is 5.75 Å². The third-order valence-electron chi connectivity index (χ3n) is 7.56. The summed E-state index contributed by atoms with van der Waals surface area (Å²) in [6.45, 7) is 4.51. The lowest BCUT2D eigenvalue weighted by Gasteiger charge is -2.44. The van der Waals surface area contributed by atoms with E-state index >= 15 is 0 Å². The van der Waals surface area contributed by atoms with Crippen LogP contribution in [0.1, 0.15) is 82.6 Å². The van der Waals surface area contributed by atoms with Crippen LogP contribution in [0.2, 0.25) is 5.02 Å². The fraction of sp³-hybridized carbons (Fsp3) is 0.515. The van der Waals surface area contributed by atoms with Crippen molar-refractivity contribution >= 4 is 35.5 Å². The van der Waals surface area contributed by atoms with Gasteiger partial charge in [-0.05, 0) is 67.0 Å². The second-order valence-electron chi connectivity index (χ2n) is 11.2. The van der Waals surface area contributed by atoms with Gasteiger partial charge in [0.2, 0.25) is 0 Å². The molecule has 2 unspecified atom stereocenters. The minimum Gasteiger partial charge on any atom is -0.490 e. The molecule has 2 fully saturated rings. The lowest BCUT2D eigenvalue weighted by atomic mass is 9.89. The Bertz CT molecular complexity index is 1320. The maximum absolute atomic E-state index is 12.2. The monoisotopic (exact) mass is 630 g/mol. The molecule has 4 rings (SSSR count). The molecule has 1 heterocycles. The van der Waals surface area contributed by atoms with Crippen LogP contribution in [0.5, 0.6) is 5.75 Å². The summed E-state index contributed by atoms with van der Waals surface area (Å²) in [5, 5.41) is 0.516. The summed E-state index contributed by atoms with van der Waals surface area (Å²) in [4.78, 5) is 48.1. The Morgan fingerprint density at radius 3 is 2.00 bits per heavy atom. The van der Waals surface area contributed by atoms with Gasteiger partial charge < -0.3 is 28.4 Å². The van der Waals surface area contributed by atoms with E-state index in [0.717, 1.165) is 29.7 Å². The van der Waals surface area contributed by atoms with Crippen LogP contribution in [0.25, 0.3) is 0 Å². The summed E-state index contributed by atoms with van der Waals surface area (Å²) in [5.41, 5.74) is 2.35. The van der Waals surface area contributed by atoms with Crippen LogP contribution in [0.3, 0.4) is 0 Å². The fourth-order valence-electron chi connectivity index (χ4n) is 5.68. The van der Waals surface area contributed by atoms with E-state index in [4.69, 9.17) is 40.0 Å². The molecular weight excluding hydrogens is 592 g/mol. The van der Waals surface area contributed by atoms with Gasteiger partial charge in [0.15, 0.2) is 18.3 Å². The number of hydrogen-bond acceptors (Lipinski definition) is 10. The predicted octanol–water partition coefficient (Wildman–Crippen LogP) is 5.44. The highest BCUT2D eigenvalue weighted by molar-refractivity contribution is 6.31. The second-order valence-corrected chi connectivity index (χ2v) is 11.6. The Morgan fingerprint density at radius 2 is 1.39 bits per heavy atom. The molecule has 44 heavy (non-hydrogen) atoms. The van der Waals surface area contributed by atoms with Crippen LogP contribution in [-0.2, 0) is 49.3 Å². The standard InChI is InChI=1S/C33H39ClO10/c1-19(35)39-18-29-31(40-20(2)36)33(42-22(4)38)32(41-21(3)37)30(44-29)24-12-15-28(34)25(17-24)16-23-10-13-27(14-11-23)43-26-8-6-5-7-9-26/h10-15,17,26,29-33H,5-9,16,18H2,1-4H3/t29?,30-,31+,32-,33?/m0/s1. The van der Waals surface area contributed by atoms with Gasteiger partial charge in [0.05, 0.1) is 6.10 Å². The summed E-state index contributed by atoms with van der Waals surface area (Å²) < 4.78 is 34.3. The zero-order valence-corrected chi connectivity index (χ0v) is 26.2. The Kier molecular flexibility index (Phi) is 11.6. The first-order chi connectivity index (χ1) is 21.0. The van der Waals surface area contributed by atoms with E-state index in [9.17, 15) is 19.2 Å². The van der Waals surface area contributed by atoms with Gasteiger partial charge in [-0.2, -0.15) is 0 Å². The largest absolute Gasteiger partial charge is 0.490 e. The van der Waals surface area contributed by atoms with Crippen molar-refractivity contribution in [3.05, 3.63) is 64.2 Å². The second kappa shape index (κ2) is 15.4. The minimum absolute atomic E-state index is 0.252. The summed E-state index contributed by atoms with van der Waals surface area (Å²) in [6, 6.07) is 13.2. The van der Waals surface area contributed by atoms with Crippen LogP contribution in [-0.4, -0.2) is 61.0 Å². The topological polar surface area (TPSA) is 124 Å². The van der Waals surface area contributed by atoms with E-state index in [-0.39, 0.29) is 12.7 Å². The Balaban J connectivity index is 1.63. The van der Waals surface area contributed by atoms with Crippen LogP contribution in [0.15, 0.2) is 42.5 Å². The quantitative estimate of drug-likeness (QED) is 0.248. The lowest BCUT2D eigenvalue weighted by molar-refractivity contribution is -0.254. The molecule has 0 N–H and O–H groups in total. The van der Waals surface area contributed by atoms with Gasteiger partial charge in [-0.1, -0.05) is 42.3 Å². The number of halogens is 1. The molecular formula is C33H39ClO10. The molecule has 5 atom stereocenters. The number of carbonyl (C=O) groups excluding carboxylic acids is 4. The number of esters is 4. The van der Waals surface area contributed by atoms with E-state index < -0.39 is 54.4 Å². The number of ether oxygens (including phenoxy) is 6. The van der Waals surface area contributed by atoms with E-state index in [0.29, 0.717) is 17.0 Å². The molecule has 11 heteroatoms. The third kappa shape index (κ3) is 9.19. The average molecular weight is 631 g/mol. The zero-order valence-electron chi connectivity index (χ0n) is 25.4. The third-order valence-corrected chi connectivity index (χ3v) is 7.93. The molecule has 238 valence electrons. The molecule has 0 aromatic heterocycles. The highest BCUT2D eigenvalue weighted by Crippen LogP contribution is 2.39. The van der Waals surface area contributed by atoms with Crippen LogP contribution >= 0.6 is 11.6 Å². The van der Waals surface area contributed by atoms with Crippen LogP contribution in [0, 0.1) is 0 Å². The summed E-state index contributed by atoms with van der Waals surface area (Å²) >= 11 is 6.62. The van der Waals surface area contributed by atoms with Crippen molar-refractivity contribution in [1.82, 2.24) is 0 Å². The lowest BCUT2D eigenvalue weighted by Crippen LogP contribution is -2.59. The molecule has 1 aliphatic carbocycles. The molecule has 2 aromatic carbocycles. The van der Waals surface area contributed by atoms with E-state index in [1.54, 1.807) is 12.1 Å². The molecule has 1 saturated carbocycles. The molecule has 1 aliphatic heterocycles. The average Bonchev–Trinajstić information content (AvgIpc) is 2.96. The molecule has 1 saturated heterocycles. The Labute approximate surface area is 262 Å². The first kappa shape index (κ1) is 33.3. The van der Waals surface area contributed by atoms with Gasteiger partial charge in [-0.3, -0.25) is 19.2 Å².